The standard InChI is InChI=1S/C57H75N11O31P4S3/c1-10-30-31(11-34(91-30)64-14-23(3)43(70)60-51(64)75)96-101(81,104)84-18-33-32(12-35(92-33)65-15-24(4)44(71)61-52(65)76)97-102(82,105)87-21-57-29(9)89-37(48(95-57)66-13-22(2)42(58)59-50(66)74)40(57)98-100(79,80)85-20-56-28(8)90-38(49(94-56)68-17-26(6)46(73)63-54(68)78)41(56)99-103(83,106)86-19-55-27(7)88-36(39(55)69)47(93-55)67-16-25(5)45(72)62-53(67)77/h13-17,27-41,47-49,69H,10-12,18-21H2,1-9H3,(H,79,80)(H,81,104)(H,82,105)(H,83,106)(H2,58,59,74)(H,60,70,75)(H,61,71,76)(H,62,72,77)(H,63,73,78)/t27-,28-,29-,30+,31?,32?,33+,34+,35+,36-,37-,38-,39?,40?,41?,47+,48+,49+,55-,56-,57-,101?,102?,103?/m0/s1. The van der Waals surface area contributed by atoms with E-state index >= 15 is 4.57 Å². The number of aliphatic hydroxyl groups is 1. The molecule has 6 bridgehead atoms. The van der Waals surface area contributed by atoms with E-state index in [1.54, 1.807) is 6.92 Å². The number of nitrogens with zero attached hydrogens (tertiary/aromatic N) is 6. The van der Waals surface area contributed by atoms with E-state index < -0.39 is 232 Å². The Balaban J connectivity index is 0.755. The zero-order valence-electron chi connectivity index (χ0n) is 57.4. The molecule has 0 saturated carbocycles. The number of H-pyrrole nitrogens is 4. The Labute approximate surface area is 611 Å². The van der Waals surface area contributed by atoms with Crippen LogP contribution in [-0.4, -0.2) is 195 Å². The summed E-state index contributed by atoms with van der Waals surface area (Å²) in [6.07, 6.45) is -18.3. The molecule has 8 aliphatic rings. The first kappa shape index (κ1) is 78.8. The number of hydrogen-bond acceptors (Lipinski definition) is 32. The highest BCUT2D eigenvalue weighted by atomic mass is 32.5. The van der Waals surface area contributed by atoms with Gasteiger partial charge in [-0.15, -0.1) is 0 Å². The Morgan fingerprint density at radius 3 is 1.38 bits per heavy atom. The number of rotatable bonds is 26. The number of aliphatic hydroxyl groups excluding tert-OH is 1. The molecule has 0 aromatic carbocycles. The first-order valence-corrected chi connectivity index (χ1v) is 42.1. The summed E-state index contributed by atoms with van der Waals surface area (Å²) in [6.45, 7) is -4.05. The highest BCUT2D eigenvalue weighted by Crippen LogP contribution is 2.63. The normalized spacial score (nSPS) is 35.9. The van der Waals surface area contributed by atoms with Gasteiger partial charge in [0, 0.05) is 71.6 Å². The maximum absolute atomic E-state index is 15.0. The zero-order valence-corrected chi connectivity index (χ0v) is 63.4. The third kappa shape index (κ3) is 14.5. The van der Waals surface area contributed by atoms with Gasteiger partial charge in [-0.1, -0.05) is 6.92 Å². The molecule has 0 radical (unpaired) electrons. The molecule has 13 heterocycles. The van der Waals surface area contributed by atoms with Crippen molar-refractivity contribution in [1.82, 2.24) is 47.8 Å². The molecule has 9 unspecified atom stereocenters. The number of nitrogens with two attached hydrogens (primary N) is 1. The van der Waals surface area contributed by atoms with Crippen LogP contribution in [0.4, 0.5) is 5.82 Å². The molecule has 106 heavy (non-hydrogen) atoms. The lowest BCUT2D eigenvalue weighted by atomic mass is 9.94. The Morgan fingerprint density at radius 1 is 0.509 bits per heavy atom. The first-order valence-electron chi connectivity index (χ1n) is 32.8. The zero-order chi connectivity index (χ0) is 76.8. The minimum atomic E-state index is -5.71. The fourth-order valence-corrected chi connectivity index (χ4v) is 19.7. The lowest BCUT2D eigenvalue weighted by molar-refractivity contribution is -0.219. The van der Waals surface area contributed by atoms with Gasteiger partial charge in [0.15, 0.2) is 18.7 Å². The monoisotopic (exact) mass is 1630 g/mol. The Hall–Kier alpha value is -5.26. The summed E-state index contributed by atoms with van der Waals surface area (Å²) in [6, 6.07) is 0. The van der Waals surface area contributed by atoms with Crippen molar-refractivity contribution in [3.63, 3.8) is 0 Å². The smallest absolute Gasteiger partial charge is 0.387 e. The summed E-state index contributed by atoms with van der Waals surface area (Å²) in [5, 5.41) is 11.7. The van der Waals surface area contributed by atoms with Crippen molar-refractivity contribution in [2.75, 3.05) is 32.2 Å². The number of phosphoric ester groups is 1. The Morgan fingerprint density at radius 2 is 0.877 bits per heavy atom. The van der Waals surface area contributed by atoms with Gasteiger partial charge in [0.1, 0.15) is 77.8 Å². The molecule has 13 rings (SSSR count). The van der Waals surface area contributed by atoms with Crippen LogP contribution in [0.15, 0.2) is 74.1 Å². The third-order valence-corrected chi connectivity index (χ3v) is 25.8. The molecule has 0 spiro atoms. The molecule has 8 fully saturated rings. The number of phosphoric acid groups is 1. The van der Waals surface area contributed by atoms with Crippen LogP contribution in [0, 0.1) is 34.6 Å². The van der Waals surface area contributed by atoms with Gasteiger partial charge in [-0.2, -0.15) is 4.98 Å². The summed E-state index contributed by atoms with van der Waals surface area (Å²) >= 11 is 16.7. The topological polar surface area (TPSA) is 546 Å². The third-order valence-electron chi connectivity index (χ3n) is 20.1. The van der Waals surface area contributed by atoms with Crippen LogP contribution in [0.1, 0.15) is 106 Å². The maximum Gasteiger partial charge on any atom is 0.472 e. The van der Waals surface area contributed by atoms with Gasteiger partial charge in [0.25, 0.3) is 22.2 Å². The highest BCUT2D eigenvalue weighted by Gasteiger charge is 2.72. The average Bonchev–Trinajstić information content (AvgIpc) is 1.56. The van der Waals surface area contributed by atoms with Crippen molar-refractivity contribution in [1.29, 1.82) is 0 Å². The minimum absolute atomic E-state index is 0.0135. The van der Waals surface area contributed by atoms with Crippen LogP contribution < -0.4 is 56.4 Å². The number of aromatic nitrogens is 10. The lowest BCUT2D eigenvalue weighted by Crippen LogP contribution is -2.52. The van der Waals surface area contributed by atoms with Crippen LogP contribution in [-0.2, 0) is 114 Å². The van der Waals surface area contributed by atoms with Crippen LogP contribution in [0.3, 0.4) is 0 Å². The van der Waals surface area contributed by atoms with Crippen LogP contribution in [0.5, 0.6) is 0 Å². The number of aromatic amines is 4. The lowest BCUT2D eigenvalue weighted by Gasteiger charge is -2.38. The summed E-state index contributed by atoms with van der Waals surface area (Å²) < 4.78 is 119. The number of nitrogen functional groups attached to an aromatic ring is 1. The van der Waals surface area contributed by atoms with E-state index in [1.165, 1.54) is 84.7 Å². The van der Waals surface area contributed by atoms with Crippen LogP contribution in [0.25, 0.3) is 0 Å². The number of hydrogen-bond donors (Lipinski definition) is 10. The molecule has 0 amide bonds. The van der Waals surface area contributed by atoms with Crippen molar-refractivity contribution in [2.45, 2.75) is 209 Å². The molecule has 5 aromatic rings. The average molecular weight is 1630 g/mol. The number of ether oxygens (including phenoxy) is 8. The maximum atomic E-state index is 15.0. The second kappa shape index (κ2) is 28.8. The molecule has 25 atom stereocenters. The second-order valence-electron chi connectivity index (χ2n) is 26.9. The van der Waals surface area contributed by atoms with Crippen molar-refractivity contribution in [2.24, 2.45) is 0 Å². The molecule has 11 N–H and O–H groups in total. The van der Waals surface area contributed by atoms with E-state index in [2.05, 4.69) is 24.9 Å². The van der Waals surface area contributed by atoms with Crippen molar-refractivity contribution in [3.8, 4) is 0 Å². The molecular weight excluding hydrogens is 1550 g/mol. The molecule has 8 aliphatic heterocycles. The van der Waals surface area contributed by atoms with Gasteiger partial charge >= 0.3 is 56.4 Å². The van der Waals surface area contributed by atoms with E-state index in [9.17, 15) is 67.8 Å². The van der Waals surface area contributed by atoms with Gasteiger partial charge in [-0.05, 0) is 97.2 Å². The van der Waals surface area contributed by atoms with E-state index in [0.717, 1.165) is 24.5 Å². The van der Waals surface area contributed by atoms with Gasteiger partial charge in [-0.25, -0.2) is 28.5 Å². The molecular formula is C57H75N11O31P4S3. The second-order valence-corrected chi connectivity index (χ2v) is 36.7. The summed E-state index contributed by atoms with van der Waals surface area (Å²) in [7, 11) is -5.71. The largest absolute Gasteiger partial charge is 0.472 e. The Kier molecular flexibility index (Phi) is 21.4. The Bertz CT molecular complexity index is 5110. The quantitative estimate of drug-likeness (QED) is 0.0280. The van der Waals surface area contributed by atoms with E-state index in [1.807, 2.05) is 0 Å². The summed E-state index contributed by atoms with van der Waals surface area (Å²) in [5.74, 6) is -0.164. The van der Waals surface area contributed by atoms with E-state index in [4.69, 9.17) is 115 Å². The van der Waals surface area contributed by atoms with E-state index in [-0.39, 0.29) is 46.5 Å². The van der Waals surface area contributed by atoms with Gasteiger partial charge in [-0.3, -0.25) is 75.5 Å². The highest BCUT2D eigenvalue weighted by molar-refractivity contribution is 8.07. The van der Waals surface area contributed by atoms with Crippen LogP contribution in [0.2, 0.25) is 0 Å². The molecule has 42 nitrogen and oxygen atoms in total. The molecule has 5 aromatic heterocycles. The molecule has 49 heteroatoms. The number of nitrogens with one attached hydrogen (secondary N) is 4. The fraction of sp³-hybridized carbons (Fsp3) is 0.649. The minimum Gasteiger partial charge on any atom is -0.387 e. The number of fused-ring (bicyclic) bond motifs is 6. The number of aryl methyl sites for hydroxylation is 5. The van der Waals surface area contributed by atoms with Crippen molar-refractivity contribution in [3.05, 3.63) is 153 Å². The molecule has 8 saturated heterocycles. The SMILES string of the molecule is CC[C@H]1O[C@@H](n2cc(C)c(=O)[nH]c2=O)CC1OP(O)(=S)OC[C@H]1O[C@@H](n2cc(C)c(=O)[nH]c2=O)CC1OP(O)(=S)OC[C@]12O[C@@H](n3cc(C)c(N)nc3=O)[C@@H](O[C@H]1C)C2OP(=O)(O)OC[C@]12O[C@@H](n3cc(C)c(=O)[nH]c3=O)[C@@H](O[C@H]1C)C2OP(O)(=S)OC[C@]12O[C@@H](n3cc(C)c(=O)[nH]c3=O)[C@@H](O[C@H]1C)C2O. The van der Waals surface area contributed by atoms with Crippen molar-refractivity contribution >= 4 is 69.2 Å². The summed E-state index contributed by atoms with van der Waals surface area (Å²) in [5.41, 5.74) is -6.90. The van der Waals surface area contributed by atoms with E-state index in [0.29, 0.717) is 6.42 Å². The van der Waals surface area contributed by atoms with Gasteiger partial charge < -0.3 is 90.9 Å². The molecule has 0 aliphatic carbocycles. The first-order chi connectivity index (χ1) is 49.6. The predicted molar refractivity (Wildman–Crippen MR) is 369 cm³/mol. The molecule has 582 valence electrons. The van der Waals surface area contributed by atoms with Crippen LogP contribution >= 0.6 is 28.0 Å². The predicted octanol–water partition coefficient (Wildman–Crippen LogP) is -1.56. The fourth-order valence-electron chi connectivity index (χ4n) is 14.3. The summed E-state index contributed by atoms with van der Waals surface area (Å²) in [4.78, 5) is 177. The number of anilines is 1. The van der Waals surface area contributed by atoms with Gasteiger partial charge in [0.2, 0.25) is 0 Å². The van der Waals surface area contributed by atoms with Crippen molar-refractivity contribution < 1.29 is 103 Å². The van der Waals surface area contributed by atoms with Gasteiger partial charge in [0.05, 0.1) is 63.1 Å².